The van der Waals surface area contributed by atoms with E-state index in [0.717, 1.165) is 44.3 Å². The van der Waals surface area contributed by atoms with E-state index in [2.05, 4.69) is 11.8 Å². The highest BCUT2D eigenvalue weighted by atomic mass is 19.2. The summed E-state index contributed by atoms with van der Waals surface area (Å²) in [6.07, 6.45) is 4.19. The van der Waals surface area contributed by atoms with E-state index < -0.39 is 11.6 Å². The summed E-state index contributed by atoms with van der Waals surface area (Å²) in [5.74, 6) is -1.58. The molecular weight excluding hydrogens is 246 g/mol. The fraction of sp³-hybridized carbons (Fsp3) is 0.600. The minimum atomic E-state index is -0.798. The van der Waals surface area contributed by atoms with E-state index in [-0.39, 0.29) is 12.1 Å². The van der Waals surface area contributed by atoms with Gasteiger partial charge in [0.2, 0.25) is 0 Å². The van der Waals surface area contributed by atoms with E-state index in [0.29, 0.717) is 0 Å². The van der Waals surface area contributed by atoms with Crippen LogP contribution in [0, 0.1) is 11.6 Å². The maximum atomic E-state index is 13.4. The molecule has 2 unspecified atom stereocenters. The quantitative estimate of drug-likeness (QED) is 0.912. The van der Waals surface area contributed by atoms with Crippen molar-refractivity contribution in [2.75, 3.05) is 13.1 Å². The molecule has 2 N–H and O–H groups in total. The zero-order chi connectivity index (χ0) is 13.8. The zero-order valence-electron chi connectivity index (χ0n) is 11.4. The van der Waals surface area contributed by atoms with E-state index in [9.17, 15) is 8.78 Å². The molecule has 1 aliphatic heterocycles. The first-order valence-corrected chi connectivity index (χ1v) is 7.08. The van der Waals surface area contributed by atoms with Gasteiger partial charge < -0.3 is 5.73 Å². The van der Waals surface area contributed by atoms with Crippen LogP contribution >= 0.6 is 0 Å². The number of benzene rings is 1. The average molecular weight is 268 g/mol. The summed E-state index contributed by atoms with van der Waals surface area (Å²) in [4.78, 5) is 2.31. The molecule has 2 rings (SSSR count). The minimum Gasteiger partial charge on any atom is -0.326 e. The summed E-state index contributed by atoms with van der Waals surface area (Å²) < 4.78 is 26.5. The molecular formula is C15H22F2N2. The van der Waals surface area contributed by atoms with Crippen LogP contribution < -0.4 is 5.73 Å². The van der Waals surface area contributed by atoms with Crippen molar-refractivity contribution in [2.24, 2.45) is 5.73 Å². The second kappa shape index (κ2) is 6.44. The van der Waals surface area contributed by atoms with Crippen LogP contribution in [0.4, 0.5) is 8.78 Å². The molecule has 106 valence electrons. The SMILES string of the molecule is CCCN1CCCCC(N)C1c1ccc(F)c(F)c1. The largest absolute Gasteiger partial charge is 0.326 e. The fourth-order valence-corrected chi connectivity index (χ4v) is 2.96. The molecule has 2 atom stereocenters. The topological polar surface area (TPSA) is 29.3 Å². The zero-order valence-corrected chi connectivity index (χ0v) is 11.4. The monoisotopic (exact) mass is 268 g/mol. The van der Waals surface area contributed by atoms with Gasteiger partial charge in [-0.3, -0.25) is 4.90 Å². The Morgan fingerprint density at radius 1 is 1.26 bits per heavy atom. The Labute approximate surface area is 113 Å². The lowest BCUT2D eigenvalue weighted by atomic mass is 9.96. The van der Waals surface area contributed by atoms with E-state index in [1.165, 1.54) is 12.1 Å². The highest BCUT2D eigenvalue weighted by Gasteiger charge is 2.28. The van der Waals surface area contributed by atoms with Crippen LogP contribution in [0.3, 0.4) is 0 Å². The first-order valence-electron chi connectivity index (χ1n) is 7.08. The van der Waals surface area contributed by atoms with E-state index in [1.807, 2.05) is 0 Å². The van der Waals surface area contributed by atoms with Crippen LogP contribution in [-0.4, -0.2) is 24.0 Å². The minimum absolute atomic E-state index is 0.00227. The van der Waals surface area contributed by atoms with Gasteiger partial charge in [-0.2, -0.15) is 0 Å². The number of likely N-dealkylation sites (tertiary alicyclic amines) is 1. The van der Waals surface area contributed by atoms with Gasteiger partial charge in [-0.25, -0.2) is 8.78 Å². The molecule has 1 aliphatic rings. The van der Waals surface area contributed by atoms with Crippen molar-refractivity contribution in [1.82, 2.24) is 4.90 Å². The van der Waals surface area contributed by atoms with Gasteiger partial charge in [0, 0.05) is 12.1 Å². The lowest BCUT2D eigenvalue weighted by Crippen LogP contribution is -2.40. The molecule has 1 fully saturated rings. The molecule has 1 heterocycles. The van der Waals surface area contributed by atoms with Crippen molar-refractivity contribution in [2.45, 2.75) is 44.7 Å². The molecule has 0 aromatic heterocycles. The Morgan fingerprint density at radius 2 is 2.05 bits per heavy atom. The highest BCUT2D eigenvalue weighted by Crippen LogP contribution is 2.30. The molecule has 2 nitrogen and oxygen atoms in total. The Kier molecular flexibility index (Phi) is 4.88. The molecule has 0 radical (unpaired) electrons. The van der Waals surface area contributed by atoms with E-state index >= 15 is 0 Å². The first kappa shape index (κ1) is 14.4. The lowest BCUT2D eigenvalue weighted by molar-refractivity contribution is 0.185. The van der Waals surface area contributed by atoms with Crippen LogP contribution in [0.25, 0.3) is 0 Å². The van der Waals surface area contributed by atoms with Crippen LogP contribution in [0.2, 0.25) is 0 Å². The predicted molar refractivity (Wildman–Crippen MR) is 72.8 cm³/mol. The third kappa shape index (κ3) is 3.31. The van der Waals surface area contributed by atoms with Gasteiger partial charge in [0.15, 0.2) is 11.6 Å². The lowest BCUT2D eigenvalue weighted by Gasteiger charge is -2.33. The number of rotatable bonds is 3. The van der Waals surface area contributed by atoms with Gasteiger partial charge in [0.25, 0.3) is 0 Å². The first-order chi connectivity index (χ1) is 9.13. The van der Waals surface area contributed by atoms with Crippen LogP contribution in [-0.2, 0) is 0 Å². The third-order valence-electron chi connectivity index (χ3n) is 3.83. The summed E-state index contributed by atoms with van der Waals surface area (Å²) in [6, 6.07) is 4.15. The molecule has 0 saturated carbocycles. The van der Waals surface area contributed by atoms with Gasteiger partial charge in [-0.15, -0.1) is 0 Å². The van der Waals surface area contributed by atoms with Gasteiger partial charge in [0.05, 0.1) is 0 Å². The second-order valence-corrected chi connectivity index (χ2v) is 5.31. The number of nitrogens with two attached hydrogens (primary N) is 1. The molecule has 1 saturated heterocycles. The number of nitrogens with zero attached hydrogens (tertiary/aromatic N) is 1. The summed E-state index contributed by atoms with van der Waals surface area (Å²) in [5.41, 5.74) is 7.06. The standard InChI is InChI=1S/C15H22F2N2/c1-2-8-19-9-4-3-5-14(18)15(19)11-6-7-12(16)13(17)10-11/h6-7,10,14-15H,2-5,8-9,18H2,1H3. The Hall–Kier alpha value is -1.00. The number of halogens is 2. The van der Waals surface area contributed by atoms with Crippen molar-refractivity contribution in [1.29, 1.82) is 0 Å². The van der Waals surface area contributed by atoms with Gasteiger partial charge >= 0.3 is 0 Å². The molecule has 0 bridgehead atoms. The van der Waals surface area contributed by atoms with Gasteiger partial charge in [-0.1, -0.05) is 19.4 Å². The molecule has 1 aromatic carbocycles. The second-order valence-electron chi connectivity index (χ2n) is 5.31. The third-order valence-corrected chi connectivity index (χ3v) is 3.83. The molecule has 4 heteroatoms. The summed E-state index contributed by atoms with van der Waals surface area (Å²) in [7, 11) is 0. The summed E-state index contributed by atoms with van der Waals surface area (Å²) >= 11 is 0. The fourth-order valence-electron chi connectivity index (χ4n) is 2.96. The van der Waals surface area contributed by atoms with E-state index in [4.69, 9.17) is 5.73 Å². The predicted octanol–water partition coefficient (Wildman–Crippen LogP) is 3.23. The molecule has 1 aromatic rings. The smallest absolute Gasteiger partial charge is 0.159 e. The summed E-state index contributed by atoms with van der Waals surface area (Å²) in [6.45, 7) is 4.04. The molecule has 0 spiro atoms. The van der Waals surface area contributed by atoms with Crippen molar-refractivity contribution in [3.05, 3.63) is 35.4 Å². The maximum absolute atomic E-state index is 13.4. The van der Waals surface area contributed by atoms with E-state index in [1.54, 1.807) is 6.07 Å². The Morgan fingerprint density at radius 3 is 2.74 bits per heavy atom. The van der Waals surface area contributed by atoms with Gasteiger partial charge in [-0.05, 0) is 50.0 Å². The van der Waals surface area contributed by atoms with Crippen LogP contribution in [0.1, 0.15) is 44.2 Å². The van der Waals surface area contributed by atoms with Crippen molar-refractivity contribution >= 4 is 0 Å². The average Bonchev–Trinajstić information content (AvgIpc) is 2.56. The number of hydrogen-bond donors (Lipinski definition) is 1. The molecule has 0 amide bonds. The van der Waals surface area contributed by atoms with Crippen molar-refractivity contribution in [3.63, 3.8) is 0 Å². The molecule has 19 heavy (non-hydrogen) atoms. The maximum Gasteiger partial charge on any atom is 0.159 e. The van der Waals surface area contributed by atoms with Crippen LogP contribution in [0.15, 0.2) is 18.2 Å². The van der Waals surface area contributed by atoms with Crippen molar-refractivity contribution < 1.29 is 8.78 Å². The van der Waals surface area contributed by atoms with Crippen LogP contribution in [0.5, 0.6) is 0 Å². The Balaban J connectivity index is 2.31. The molecule has 0 aliphatic carbocycles. The van der Waals surface area contributed by atoms with Gasteiger partial charge in [0.1, 0.15) is 0 Å². The normalized spacial score (nSPS) is 25.3. The van der Waals surface area contributed by atoms with Crippen molar-refractivity contribution in [3.8, 4) is 0 Å². The summed E-state index contributed by atoms with van der Waals surface area (Å²) in [5, 5.41) is 0. The highest BCUT2D eigenvalue weighted by molar-refractivity contribution is 5.23. The number of hydrogen-bond acceptors (Lipinski definition) is 2. The Bertz CT molecular complexity index is 423.